The minimum absolute atomic E-state index is 0. The van der Waals surface area contributed by atoms with Crippen molar-refractivity contribution >= 4 is 36.4 Å². The van der Waals surface area contributed by atoms with Crippen LogP contribution in [0.25, 0.3) is 0 Å². The van der Waals surface area contributed by atoms with E-state index in [2.05, 4.69) is 10.2 Å². The van der Waals surface area contributed by atoms with Gasteiger partial charge in [0, 0.05) is 32.7 Å². The number of hydrogen-bond acceptors (Lipinski definition) is 4. The molecule has 1 N–H and O–H groups in total. The van der Waals surface area contributed by atoms with Crippen LogP contribution < -0.4 is 15.0 Å². The molecule has 0 radical (unpaired) electrons. The number of carbonyl (C=O) groups excluding carboxylic acids is 1. The number of piperazine rings is 1. The number of amides is 1. The van der Waals surface area contributed by atoms with Gasteiger partial charge in [-0.1, -0.05) is 12.1 Å². The van der Waals surface area contributed by atoms with E-state index in [1.54, 1.807) is 7.11 Å². The molecule has 0 saturated carbocycles. The third kappa shape index (κ3) is 3.66. The lowest BCUT2D eigenvalue weighted by Gasteiger charge is -2.31. The first-order valence-electron chi connectivity index (χ1n) is 7.20. The normalized spacial score (nSPS) is 22.0. The third-order valence-corrected chi connectivity index (χ3v) is 4.15. The Hall–Kier alpha value is -1.01. The van der Waals surface area contributed by atoms with Crippen LogP contribution in [-0.2, 0) is 4.79 Å². The van der Waals surface area contributed by atoms with Gasteiger partial charge >= 0.3 is 0 Å². The minimum atomic E-state index is 0. The average Bonchev–Trinajstić information content (AvgIpc) is 2.89. The molecular weight excluding hydrogens is 325 g/mol. The molecule has 2 fully saturated rings. The fraction of sp³-hybridized carbons (Fsp3) is 0.533. The third-order valence-electron chi connectivity index (χ3n) is 4.15. The van der Waals surface area contributed by atoms with Crippen molar-refractivity contribution in [3.8, 4) is 5.75 Å². The summed E-state index contributed by atoms with van der Waals surface area (Å²) in [5, 5.41) is 3.33. The molecule has 2 heterocycles. The van der Waals surface area contributed by atoms with Crippen molar-refractivity contribution in [3.63, 3.8) is 0 Å². The molecule has 2 saturated heterocycles. The Kier molecular flexibility index (Phi) is 7.42. The predicted octanol–water partition coefficient (Wildman–Crippen LogP) is 1.55. The van der Waals surface area contributed by atoms with Crippen LogP contribution in [-0.4, -0.2) is 56.7 Å². The summed E-state index contributed by atoms with van der Waals surface area (Å²) in [5.74, 6) is 0.971. The zero-order chi connectivity index (χ0) is 13.9. The molecule has 124 valence electrons. The molecule has 1 unspecified atom stereocenters. The monoisotopic (exact) mass is 347 g/mol. The number of ether oxygens (including phenoxy) is 1. The van der Waals surface area contributed by atoms with Crippen molar-refractivity contribution in [2.24, 2.45) is 0 Å². The Bertz CT molecular complexity index is 495. The number of nitrogens with one attached hydrogen (secondary N) is 1. The Morgan fingerprint density at radius 3 is 2.50 bits per heavy atom. The van der Waals surface area contributed by atoms with Crippen molar-refractivity contribution in [2.75, 3.05) is 44.7 Å². The van der Waals surface area contributed by atoms with E-state index < -0.39 is 0 Å². The number of carbonyl (C=O) groups is 1. The van der Waals surface area contributed by atoms with Crippen molar-refractivity contribution < 1.29 is 9.53 Å². The molecule has 1 aromatic rings. The molecule has 0 aromatic heterocycles. The SMILES string of the molecule is COc1ccccc1N1CCC(N2CCNCC2)C1=O.Cl.Cl. The van der Waals surface area contributed by atoms with Crippen LogP contribution in [0.15, 0.2) is 24.3 Å². The molecule has 1 aromatic carbocycles. The topological polar surface area (TPSA) is 44.8 Å². The van der Waals surface area contributed by atoms with Crippen molar-refractivity contribution in [3.05, 3.63) is 24.3 Å². The Morgan fingerprint density at radius 2 is 1.82 bits per heavy atom. The molecule has 2 aliphatic rings. The maximum absolute atomic E-state index is 12.7. The first-order valence-corrected chi connectivity index (χ1v) is 7.20. The van der Waals surface area contributed by atoms with E-state index in [-0.39, 0.29) is 36.8 Å². The lowest BCUT2D eigenvalue weighted by molar-refractivity contribution is -0.121. The average molecular weight is 348 g/mol. The maximum atomic E-state index is 12.7. The van der Waals surface area contributed by atoms with Gasteiger partial charge in [-0.05, 0) is 18.6 Å². The number of halogens is 2. The Labute approximate surface area is 143 Å². The van der Waals surface area contributed by atoms with Crippen LogP contribution in [0.5, 0.6) is 5.75 Å². The van der Waals surface area contributed by atoms with E-state index in [1.807, 2.05) is 29.2 Å². The quantitative estimate of drug-likeness (QED) is 0.900. The molecule has 22 heavy (non-hydrogen) atoms. The minimum Gasteiger partial charge on any atom is -0.495 e. The summed E-state index contributed by atoms with van der Waals surface area (Å²) < 4.78 is 5.37. The number of hydrogen-bond donors (Lipinski definition) is 1. The van der Waals surface area contributed by atoms with Gasteiger partial charge in [-0.2, -0.15) is 0 Å². The molecule has 0 aliphatic carbocycles. The highest BCUT2D eigenvalue weighted by molar-refractivity contribution is 6.00. The van der Waals surface area contributed by atoms with Crippen molar-refractivity contribution in [2.45, 2.75) is 12.5 Å². The fourth-order valence-corrected chi connectivity index (χ4v) is 3.09. The van der Waals surface area contributed by atoms with Gasteiger partial charge in [0.2, 0.25) is 5.91 Å². The van der Waals surface area contributed by atoms with Gasteiger partial charge in [-0.25, -0.2) is 0 Å². The highest BCUT2D eigenvalue weighted by Crippen LogP contribution is 2.32. The summed E-state index contributed by atoms with van der Waals surface area (Å²) in [6.45, 7) is 4.62. The summed E-state index contributed by atoms with van der Waals surface area (Å²) in [6, 6.07) is 7.76. The Morgan fingerprint density at radius 1 is 1.14 bits per heavy atom. The predicted molar refractivity (Wildman–Crippen MR) is 92.7 cm³/mol. The van der Waals surface area contributed by atoms with Gasteiger partial charge in [0.25, 0.3) is 0 Å². The second-order valence-corrected chi connectivity index (χ2v) is 5.25. The number of para-hydroxylation sites is 2. The van der Waals surface area contributed by atoms with Gasteiger partial charge in [-0.3, -0.25) is 9.69 Å². The van der Waals surface area contributed by atoms with Gasteiger partial charge in [-0.15, -0.1) is 24.8 Å². The largest absolute Gasteiger partial charge is 0.495 e. The van der Waals surface area contributed by atoms with Gasteiger partial charge in [0.1, 0.15) is 5.75 Å². The summed E-state index contributed by atoms with van der Waals surface area (Å²) in [6.07, 6.45) is 0.900. The van der Waals surface area contributed by atoms with Gasteiger partial charge < -0.3 is 15.0 Å². The highest BCUT2D eigenvalue weighted by Gasteiger charge is 2.37. The maximum Gasteiger partial charge on any atom is 0.244 e. The van der Waals surface area contributed by atoms with Crippen molar-refractivity contribution in [1.29, 1.82) is 0 Å². The van der Waals surface area contributed by atoms with E-state index in [9.17, 15) is 4.79 Å². The lowest BCUT2D eigenvalue weighted by atomic mass is 10.2. The second-order valence-electron chi connectivity index (χ2n) is 5.25. The first-order chi connectivity index (χ1) is 9.81. The van der Waals surface area contributed by atoms with E-state index in [1.165, 1.54) is 0 Å². The van der Waals surface area contributed by atoms with Crippen LogP contribution in [0.1, 0.15) is 6.42 Å². The number of nitrogens with zero attached hydrogens (tertiary/aromatic N) is 2. The molecule has 5 nitrogen and oxygen atoms in total. The van der Waals surface area contributed by atoms with E-state index in [4.69, 9.17) is 4.74 Å². The highest BCUT2D eigenvalue weighted by atomic mass is 35.5. The smallest absolute Gasteiger partial charge is 0.244 e. The molecule has 2 aliphatic heterocycles. The molecule has 1 atom stereocenters. The first kappa shape index (κ1) is 19.0. The zero-order valence-electron chi connectivity index (χ0n) is 12.7. The van der Waals surface area contributed by atoms with Crippen LogP contribution >= 0.6 is 24.8 Å². The molecule has 0 bridgehead atoms. The van der Waals surface area contributed by atoms with E-state index in [0.717, 1.165) is 50.6 Å². The fourth-order valence-electron chi connectivity index (χ4n) is 3.09. The van der Waals surface area contributed by atoms with E-state index in [0.29, 0.717) is 0 Å². The molecule has 1 amide bonds. The van der Waals surface area contributed by atoms with Crippen LogP contribution in [0.4, 0.5) is 5.69 Å². The van der Waals surface area contributed by atoms with E-state index >= 15 is 0 Å². The molecule has 3 rings (SSSR count). The zero-order valence-corrected chi connectivity index (χ0v) is 14.3. The summed E-state index contributed by atoms with van der Waals surface area (Å²) in [4.78, 5) is 16.8. The van der Waals surface area contributed by atoms with Crippen LogP contribution in [0, 0.1) is 0 Å². The summed E-state index contributed by atoms with van der Waals surface area (Å²) in [5.41, 5.74) is 0.887. The summed E-state index contributed by atoms with van der Waals surface area (Å²) in [7, 11) is 1.65. The summed E-state index contributed by atoms with van der Waals surface area (Å²) >= 11 is 0. The van der Waals surface area contributed by atoms with Crippen molar-refractivity contribution in [1.82, 2.24) is 10.2 Å². The number of methoxy groups -OCH3 is 1. The van der Waals surface area contributed by atoms with Gasteiger partial charge in [0.05, 0.1) is 18.8 Å². The number of rotatable bonds is 3. The number of benzene rings is 1. The van der Waals surface area contributed by atoms with Gasteiger partial charge in [0.15, 0.2) is 0 Å². The lowest BCUT2D eigenvalue weighted by Crippen LogP contribution is -2.51. The second kappa shape index (κ2) is 8.58. The molecular formula is C15H23Cl2N3O2. The Balaban J connectivity index is 0.00000121. The van der Waals surface area contributed by atoms with Crippen LogP contribution in [0.3, 0.4) is 0 Å². The molecule has 7 heteroatoms. The number of anilines is 1. The van der Waals surface area contributed by atoms with Crippen LogP contribution in [0.2, 0.25) is 0 Å². The molecule has 0 spiro atoms. The standard InChI is InChI=1S/C15H21N3O2.2ClH/c1-20-14-5-3-2-4-12(14)18-9-6-13(15(18)19)17-10-7-16-8-11-17;;/h2-5,13,16H,6-11H2,1H3;2*1H.